The van der Waals surface area contributed by atoms with Crippen LogP contribution in [0.4, 0.5) is 11.5 Å². The summed E-state index contributed by atoms with van der Waals surface area (Å²) >= 11 is 0. The Morgan fingerprint density at radius 3 is 2.41 bits per heavy atom. The lowest BCUT2D eigenvalue weighted by Gasteiger charge is -2.58. The highest BCUT2D eigenvalue weighted by atomic mass is 32.2. The van der Waals surface area contributed by atoms with Gasteiger partial charge in [0.25, 0.3) is 5.91 Å². The van der Waals surface area contributed by atoms with Crippen LogP contribution in [-0.2, 0) is 10.0 Å². The molecule has 0 radical (unpaired) electrons. The maximum atomic E-state index is 13.3. The van der Waals surface area contributed by atoms with Gasteiger partial charge in [0.1, 0.15) is 11.5 Å². The number of nitrogens with one attached hydrogen (secondary N) is 1. The number of aliphatic hydroxyl groups is 1. The standard InChI is InChI=1S/C27H35N5O4S/c1-17-16-31(21-5-7-22(8-6-21)37(28,35)36)9-10-32(17)24-4-2-3-23(29-24)26(33)30-25-19-11-18-12-20(25)15-27(34,13-18)14-19/h2-8,17-20,25,34H,9-16H2,1H3,(H,30,33)(H2,28,35,36)/t17-,18?,19?,20?,25-,27-/m1/s1. The van der Waals surface area contributed by atoms with E-state index in [-0.39, 0.29) is 22.9 Å². The Balaban J connectivity index is 1.11. The van der Waals surface area contributed by atoms with Gasteiger partial charge < -0.3 is 20.2 Å². The Labute approximate surface area is 218 Å². The minimum Gasteiger partial charge on any atom is -0.390 e. The molecule has 10 heteroatoms. The van der Waals surface area contributed by atoms with E-state index in [0.717, 1.165) is 63.2 Å². The third-order valence-electron chi connectivity index (χ3n) is 8.96. The van der Waals surface area contributed by atoms with Gasteiger partial charge in [0.15, 0.2) is 0 Å². The van der Waals surface area contributed by atoms with Crippen LogP contribution in [0.3, 0.4) is 0 Å². The molecule has 4 saturated carbocycles. The van der Waals surface area contributed by atoms with Gasteiger partial charge in [-0.2, -0.15) is 0 Å². The van der Waals surface area contributed by atoms with Crippen molar-refractivity contribution in [1.82, 2.24) is 10.3 Å². The van der Waals surface area contributed by atoms with Crippen LogP contribution in [0.5, 0.6) is 0 Å². The first-order chi connectivity index (χ1) is 17.6. The monoisotopic (exact) mass is 525 g/mol. The second-order valence-corrected chi connectivity index (χ2v) is 13.2. The zero-order valence-corrected chi connectivity index (χ0v) is 21.9. The third kappa shape index (κ3) is 4.70. The van der Waals surface area contributed by atoms with Crippen LogP contribution in [-0.4, -0.2) is 61.7 Å². The van der Waals surface area contributed by atoms with Gasteiger partial charge in [-0.15, -0.1) is 0 Å². The van der Waals surface area contributed by atoms with Crippen LogP contribution in [0.15, 0.2) is 47.4 Å². The van der Waals surface area contributed by atoms with Gasteiger partial charge in [0.05, 0.1) is 10.5 Å². The van der Waals surface area contributed by atoms with E-state index < -0.39 is 15.6 Å². The summed E-state index contributed by atoms with van der Waals surface area (Å²) in [5.41, 5.74) is 0.858. The van der Waals surface area contributed by atoms with E-state index in [9.17, 15) is 18.3 Å². The Morgan fingerprint density at radius 2 is 1.78 bits per heavy atom. The van der Waals surface area contributed by atoms with E-state index in [1.54, 1.807) is 18.2 Å². The average Bonchev–Trinajstić information content (AvgIpc) is 2.85. The molecule has 3 atom stereocenters. The molecule has 2 unspecified atom stereocenters. The Morgan fingerprint density at radius 1 is 1.08 bits per heavy atom. The second kappa shape index (κ2) is 8.96. The molecule has 4 bridgehead atoms. The van der Waals surface area contributed by atoms with Crippen LogP contribution in [0.1, 0.15) is 49.5 Å². The molecule has 4 aliphatic carbocycles. The highest BCUT2D eigenvalue weighted by Crippen LogP contribution is 2.55. The summed E-state index contributed by atoms with van der Waals surface area (Å²) in [7, 11) is -3.71. The highest BCUT2D eigenvalue weighted by Gasteiger charge is 2.55. The predicted molar refractivity (Wildman–Crippen MR) is 141 cm³/mol. The quantitative estimate of drug-likeness (QED) is 0.545. The van der Waals surface area contributed by atoms with Crippen molar-refractivity contribution in [3.05, 3.63) is 48.2 Å². The predicted octanol–water partition coefficient (Wildman–Crippen LogP) is 2.11. The van der Waals surface area contributed by atoms with Crippen molar-refractivity contribution in [2.24, 2.45) is 22.9 Å². The van der Waals surface area contributed by atoms with E-state index in [4.69, 9.17) is 10.1 Å². The molecule has 2 aromatic rings. The lowest BCUT2D eigenvalue weighted by Crippen LogP contribution is -2.61. The first-order valence-electron chi connectivity index (χ1n) is 13.2. The number of piperazine rings is 1. The number of primary sulfonamides is 1. The first-order valence-corrected chi connectivity index (χ1v) is 14.8. The van der Waals surface area contributed by atoms with Crippen molar-refractivity contribution in [2.75, 3.05) is 29.4 Å². The fraction of sp³-hybridized carbons (Fsp3) is 0.556. The summed E-state index contributed by atoms with van der Waals surface area (Å²) in [6.07, 6.45) is 4.72. The van der Waals surface area contributed by atoms with E-state index in [1.165, 1.54) is 12.1 Å². The van der Waals surface area contributed by atoms with Gasteiger partial charge in [0.2, 0.25) is 10.0 Å². The smallest absolute Gasteiger partial charge is 0.270 e. The molecule has 2 heterocycles. The Hall–Kier alpha value is -2.69. The minimum atomic E-state index is -3.71. The van der Waals surface area contributed by atoms with E-state index in [2.05, 4.69) is 22.0 Å². The van der Waals surface area contributed by atoms with Crippen LogP contribution >= 0.6 is 0 Å². The van der Waals surface area contributed by atoms with Gasteiger partial charge >= 0.3 is 0 Å². The summed E-state index contributed by atoms with van der Waals surface area (Å²) in [4.78, 5) is 22.5. The molecule has 0 spiro atoms. The number of sulfonamides is 1. The van der Waals surface area contributed by atoms with Crippen LogP contribution in [0, 0.1) is 17.8 Å². The van der Waals surface area contributed by atoms with Crippen LogP contribution in [0.25, 0.3) is 0 Å². The number of nitrogens with two attached hydrogens (primary N) is 1. The van der Waals surface area contributed by atoms with Crippen molar-refractivity contribution >= 4 is 27.4 Å². The average molecular weight is 526 g/mol. The van der Waals surface area contributed by atoms with Gasteiger partial charge in [-0.05, 0) is 93.2 Å². The zero-order valence-electron chi connectivity index (χ0n) is 21.1. The molecular formula is C27H35N5O4S. The molecule has 1 aliphatic heterocycles. The van der Waals surface area contributed by atoms with Crippen molar-refractivity contribution in [3.63, 3.8) is 0 Å². The van der Waals surface area contributed by atoms with Crippen molar-refractivity contribution in [3.8, 4) is 0 Å². The SMILES string of the molecule is C[C@@H]1CN(c2ccc(S(N)(=O)=O)cc2)CCN1c1cccc(C(=O)N[C@H]2C3CC4CC2C[C@](O)(C4)C3)n1. The number of benzene rings is 1. The van der Waals surface area contributed by atoms with Gasteiger partial charge in [-0.25, -0.2) is 18.5 Å². The molecule has 5 aliphatic rings. The van der Waals surface area contributed by atoms with Crippen molar-refractivity contribution in [1.29, 1.82) is 0 Å². The number of carbonyl (C=O) groups excluding carboxylic acids is 1. The number of nitrogens with zero attached hydrogens (tertiary/aromatic N) is 3. The number of anilines is 2. The lowest BCUT2D eigenvalue weighted by atomic mass is 9.52. The number of aromatic nitrogens is 1. The molecule has 1 amide bonds. The number of rotatable bonds is 5. The third-order valence-corrected chi connectivity index (χ3v) is 9.89. The molecule has 1 saturated heterocycles. The Kier molecular flexibility index (Phi) is 5.96. The van der Waals surface area contributed by atoms with Crippen LogP contribution < -0.4 is 20.3 Å². The summed E-state index contributed by atoms with van der Waals surface area (Å²) in [6.45, 7) is 4.33. The Bertz CT molecular complexity index is 1280. The summed E-state index contributed by atoms with van der Waals surface area (Å²) < 4.78 is 23.1. The highest BCUT2D eigenvalue weighted by molar-refractivity contribution is 7.89. The first kappa shape index (κ1) is 24.6. The molecule has 5 fully saturated rings. The van der Waals surface area contributed by atoms with Crippen molar-refractivity contribution < 1.29 is 18.3 Å². The molecule has 37 heavy (non-hydrogen) atoms. The summed E-state index contributed by atoms with van der Waals surface area (Å²) in [5.74, 6) is 1.96. The molecule has 4 N–H and O–H groups in total. The van der Waals surface area contributed by atoms with Gasteiger partial charge in [-0.3, -0.25) is 4.79 Å². The molecular weight excluding hydrogens is 490 g/mol. The fourth-order valence-corrected chi connectivity index (χ4v) is 8.05. The van der Waals surface area contributed by atoms with E-state index in [0.29, 0.717) is 23.4 Å². The summed E-state index contributed by atoms with van der Waals surface area (Å²) in [5, 5.41) is 19.4. The van der Waals surface area contributed by atoms with Crippen molar-refractivity contribution in [2.45, 2.75) is 61.6 Å². The number of carbonyl (C=O) groups is 1. The number of hydrogen-bond acceptors (Lipinski definition) is 7. The molecule has 1 aromatic carbocycles. The van der Waals surface area contributed by atoms with Gasteiger partial charge in [-0.1, -0.05) is 6.07 Å². The molecule has 9 nitrogen and oxygen atoms in total. The molecule has 7 rings (SSSR count). The number of amides is 1. The minimum absolute atomic E-state index is 0.103. The topological polar surface area (TPSA) is 129 Å². The fourth-order valence-electron chi connectivity index (χ4n) is 7.53. The summed E-state index contributed by atoms with van der Waals surface area (Å²) in [6, 6.07) is 12.5. The zero-order chi connectivity index (χ0) is 25.9. The van der Waals surface area contributed by atoms with Crippen LogP contribution in [0.2, 0.25) is 0 Å². The van der Waals surface area contributed by atoms with E-state index >= 15 is 0 Å². The second-order valence-electron chi connectivity index (χ2n) is 11.6. The number of hydrogen-bond donors (Lipinski definition) is 3. The van der Waals surface area contributed by atoms with Gasteiger partial charge in [0, 0.05) is 37.4 Å². The van der Waals surface area contributed by atoms with E-state index in [1.807, 2.05) is 12.1 Å². The maximum absolute atomic E-state index is 13.3. The number of pyridine rings is 1. The lowest BCUT2D eigenvalue weighted by molar-refractivity contribution is -0.136. The molecule has 1 aromatic heterocycles. The largest absolute Gasteiger partial charge is 0.390 e. The molecule has 198 valence electrons. The normalized spacial score (nSPS) is 33.0. The maximum Gasteiger partial charge on any atom is 0.270 e.